The maximum absolute atomic E-state index is 10.1. The summed E-state index contributed by atoms with van der Waals surface area (Å²) in [6, 6.07) is 0. The largest absolute Gasteiger partial charge is 0.478 e. The zero-order valence-electron chi connectivity index (χ0n) is 4.87. The molecule has 0 rings (SSSR count). The van der Waals surface area contributed by atoms with Gasteiger partial charge < -0.3 is 15.9 Å². The van der Waals surface area contributed by atoms with E-state index in [0.717, 1.165) is 0 Å². The van der Waals surface area contributed by atoms with Crippen molar-refractivity contribution in [1.29, 1.82) is 0 Å². The number of carbonyl (C=O) groups excluding carboxylic acids is 1. The molecule has 5 nitrogen and oxygen atoms in total. The number of primary amides is 1. The summed E-state index contributed by atoms with van der Waals surface area (Å²) in [5.74, 6) is -2.31. The number of aliphatic hydroxyl groups is 1. The summed E-state index contributed by atoms with van der Waals surface area (Å²) >= 11 is 1.24. The molecule has 0 aliphatic rings. The van der Waals surface area contributed by atoms with Crippen LogP contribution in [0.5, 0.6) is 0 Å². The smallest absolute Gasteiger partial charge is 0.346 e. The molecule has 0 heterocycles. The van der Waals surface area contributed by atoms with Crippen LogP contribution in [0.4, 0.5) is 0 Å². The van der Waals surface area contributed by atoms with Crippen LogP contribution in [0.3, 0.4) is 0 Å². The van der Waals surface area contributed by atoms with E-state index >= 15 is 0 Å². The van der Waals surface area contributed by atoms with Crippen molar-refractivity contribution in [2.75, 3.05) is 0 Å². The number of carboxylic acids is 1. The second-order valence-electron chi connectivity index (χ2n) is 1.71. The molecule has 0 saturated heterocycles. The third kappa shape index (κ3) is 2.97. The number of aliphatic carboxylic acids is 1. The molecule has 0 aromatic carbocycles. The molecular weight excluding hydrogens is 253 g/mol. The van der Waals surface area contributed by atoms with Crippen molar-refractivity contribution in [3.8, 4) is 0 Å². The average molecular weight is 259 g/mol. The van der Waals surface area contributed by atoms with Crippen molar-refractivity contribution in [2.24, 2.45) is 5.73 Å². The second kappa shape index (κ2) is 3.15. The molecule has 10 heavy (non-hydrogen) atoms. The third-order valence-corrected chi connectivity index (χ3v) is 1.58. The maximum atomic E-state index is 10.1. The van der Waals surface area contributed by atoms with E-state index in [9.17, 15) is 9.59 Å². The predicted molar refractivity (Wildman–Crippen MR) is 40.4 cm³/mol. The molecule has 6 heteroatoms. The SMILES string of the molecule is NC(=O)CC(O)(I)C(=O)O. The van der Waals surface area contributed by atoms with Gasteiger partial charge in [-0.1, -0.05) is 0 Å². The lowest BCUT2D eigenvalue weighted by atomic mass is 10.2. The third-order valence-electron chi connectivity index (χ3n) is 0.736. The van der Waals surface area contributed by atoms with Crippen LogP contribution in [-0.2, 0) is 9.59 Å². The first-order valence-corrected chi connectivity index (χ1v) is 3.37. The standard InChI is InChI=1S/C4H6INO4/c5-4(10,3(8)9)1-2(6)7/h10H,1H2,(H2,6,7)(H,8,9). The quantitative estimate of drug-likeness (QED) is 0.450. The van der Waals surface area contributed by atoms with E-state index < -0.39 is 21.9 Å². The molecule has 0 fully saturated rings. The fraction of sp³-hybridized carbons (Fsp3) is 0.500. The maximum Gasteiger partial charge on any atom is 0.346 e. The van der Waals surface area contributed by atoms with E-state index in [1.807, 2.05) is 0 Å². The summed E-state index contributed by atoms with van der Waals surface area (Å²) in [6.45, 7) is 0. The van der Waals surface area contributed by atoms with E-state index in [1.165, 1.54) is 22.6 Å². The Morgan fingerprint density at radius 3 is 2.10 bits per heavy atom. The minimum atomic E-state index is -2.07. The molecule has 4 N–H and O–H groups in total. The number of hydrogen-bond acceptors (Lipinski definition) is 3. The number of carboxylic acid groups (broad SMARTS) is 1. The molecular formula is C4H6INO4. The van der Waals surface area contributed by atoms with Crippen LogP contribution in [0.2, 0.25) is 0 Å². The van der Waals surface area contributed by atoms with Crippen molar-refractivity contribution in [1.82, 2.24) is 0 Å². The first kappa shape index (κ1) is 9.63. The number of rotatable bonds is 3. The Bertz CT molecular complexity index is 167. The molecule has 0 saturated carbocycles. The van der Waals surface area contributed by atoms with Crippen LogP contribution in [0, 0.1) is 0 Å². The Labute approximate surface area is 70.3 Å². The van der Waals surface area contributed by atoms with Crippen LogP contribution in [0.15, 0.2) is 0 Å². The molecule has 0 aliphatic heterocycles. The van der Waals surface area contributed by atoms with E-state index in [4.69, 9.17) is 10.2 Å². The number of carbonyl (C=O) groups is 2. The Balaban J connectivity index is 4.13. The molecule has 0 spiro atoms. The summed E-state index contributed by atoms with van der Waals surface area (Å²) in [5, 5.41) is 17.1. The highest BCUT2D eigenvalue weighted by atomic mass is 127. The van der Waals surface area contributed by atoms with Gasteiger partial charge in [-0.3, -0.25) is 4.79 Å². The highest BCUT2D eigenvalue weighted by Gasteiger charge is 2.34. The number of alkyl halides is 1. The van der Waals surface area contributed by atoms with Crippen molar-refractivity contribution in [2.45, 2.75) is 10.0 Å². The molecule has 0 aromatic rings. The number of nitrogens with two attached hydrogens (primary N) is 1. The summed E-state index contributed by atoms with van der Waals surface area (Å²) < 4.78 is -2.07. The lowest BCUT2D eigenvalue weighted by Gasteiger charge is -2.12. The fourth-order valence-electron chi connectivity index (χ4n) is 0.306. The van der Waals surface area contributed by atoms with E-state index in [2.05, 4.69) is 5.73 Å². The summed E-state index contributed by atoms with van der Waals surface area (Å²) in [7, 11) is 0. The molecule has 58 valence electrons. The Kier molecular flexibility index (Phi) is 3.03. The van der Waals surface area contributed by atoms with Gasteiger partial charge in [-0.25, -0.2) is 4.79 Å². The van der Waals surface area contributed by atoms with E-state index in [1.54, 1.807) is 0 Å². The predicted octanol–water partition coefficient (Wildman–Crippen LogP) is -0.930. The molecule has 1 unspecified atom stereocenters. The summed E-state index contributed by atoms with van der Waals surface area (Å²) in [4.78, 5) is 20.2. The van der Waals surface area contributed by atoms with Gasteiger partial charge in [-0.05, 0) is 22.6 Å². The highest BCUT2D eigenvalue weighted by Crippen LogP contribution is 2.18. The monoisotopic (exact) mass is 259 g/mol. The molecule has 0 radical (unpaired) electrons. The number of hydrogen-bond donors (Lipinski definition) is 3. The Hall–Kier alpha value is -0.370. The van der Waals surface area contributed by atoms with Crippen LogP contribution in [-0.4, -0.2) is 25.7 Å². The number of halogens is 1. The van der Waals surface area contributed by atoms with Crippen molar-refractivity contribution in [3.63, 3.8) is 0 Å². The summed E-state index contributed by atoms with van der Waals surface area (Å²) in [5.41, 5.74) is 4.65. The zero-order valence-corrected chi connectivity index (χ0v) is 7.03. The van der Waals surface area contributed by atoms with Gasteiger partial charge in [0.15, 0.2) is 0 Å². The van der Waals surface area contributed by atoms with Gasteiger partial charge in [0.1, 0.15) is 0 Å². The van der Waals surface area contributed by atoms with E-state index in [0.29, 0.717) is 0 Å². The first-order valence-electron chi connectivity index (χ1n) is 2.29. The highest BCUT2D eigenvalue weighted by molar-refractivity contribution is 14.1. The lowest BCUT2D eigenvalue weighted by molar-refractivity contribution is -0.150. The normalized spacial score (nSPS) is 15.8. The van der Waals surface area contributed by atoms with Gasteiger partial charge >= 0.3 is 5.97 Å². The van der Waals surface area contributed by atoms with Gasteiger partial charge in [0.2, 0.25) is 9.51 Å². The number of amides is 1. The minimum absolute atomic E-state index is 0.580. The van der Waals surface area contributed by atoms with Crippen molar-refractivity contribution >= 4 is 34.5 Å². The topological polar surface area (TPSA) is 101 Å². The van der Waals surface area contributed by atoms with Crippen LogP contribution < -0.4 is 5.73 Å². The van der Waals surface area contributed by atoms with Gasteiger partial charge in [-0.2, -0.15) is 0 Å². The van der Waals surface area contributed by atoms with E-state index in [-0.39, 0.29) is 0 Å². The van der Waals surface area contributed by atoms with Gasteiger partial charge in [0.25, 0.3) is 0 Å². The lowest BCUT2D eigenvalue weighted by Crippen LogP contribution is -2.35. The van der Waals surface area contributed by atoms with Crippen LogP contribution in [0.25, 0.3) is 0 Å². The van der Waals surface area contributed by atoms with Crippen LogP contribution in [0.1, 0.15) is 6.42 Å². The minimum Gasteiger partial charge on any atom is -0.478 e. The van der Waals surface area contributed by atoms with Gasteiger partial charge in [-0.15, -0.1) is 0 Å². The molecule has 0 aliphatic carbocycles. The molecule has 0 aromatic heterocycles. The van der Waals surface area contributed by atoms with Crippen LogP contribution >= 0.6 is 22.6 Å². The van der Waals surface area contributed by atoms with Crippen molar-refractivity contribution < 1.29 is 19.8 Å². The second-order valence-corrected chi connectivity index (χ2v) is 3.49. The average Bonchev–Trinajstić information content (AvgIpc) is 1.60. The molecule has 0 bridgehead atoms. The van der Waals surface area contributed by atoms with Gasteiger partial charge in [0.05, 0.1) is 6.42 Å². The first-order chi connectivity index (χ1) is 4.36. The molecule has 1 atom stereocenters. The zero-order chi connectivity index (χ0) is 8.36. The Morgan fingerprint density at radius 2 is 2.00 bits per heavy atom. The summed E-state index contributed by atoms with van der Waals surface area (Å²) in [6.07, 6.45) is -0.580. The fourth-order valence-corrected chi connectivity index (χ4v) is 0.682. The van der Waals surface area contributed by atoms with Crippen molar-refractivity contribution in [3.05, 3.63) is 0 Å². The van der Waals surface area contributed by atoms with Gasteiger partial charge in [0, 0.05) is 0 Å². The Morgan fingerprint density at radius 1 is 1.60 bits per heavy atom. The molecule has 1 amide bonds.